The summed E-state index contributed by atoms with van der Waals surface area (Å²) in [4.78, 5) is 19.1. The van der Waals surface area contributed by atoms with E-state index >= 15 is 0 Å². The quantitative estimate of drug-likeness (QED) is 0.738. The van der Waals surface area contributed by atoms with E-state index in [-0.39, 0.29) is 11.8 Å². The Morgan fingerprint density at radius 2 is 2.25 bits per heavy atom. The Morgan fingerprint density at radius 1 is 1.38 bits per heavy atom. The number of piperidine rings is 1. The SMILES string of the molecule is Cn1nc(N)c2ccc([C@@H]3CCCN(C(=O)c4ccn[nH]4)C3)nc21. The average molecular weight is 325 g/mol. The summed E-state index contributed by atoms with van der Waals surface area (Å²) in [5.74, 6) is 0.695. The minimum Gasteiger partial charge on any atom is -0.382 e. The molecule has 124 valence electrons. The summed E-state index contributed by atoms with van der Waals surface area (Å²) >= 11 is 0. The topological polar surface area (TPSA) is 106 Å². The number of nitrogens with one attached hydrogen (secondary N) is 1. The van der Waals surface area contributed by atoms with E-state index in [1.54, 1.807) is 16.9 Å². The highest BCUT2D eigenvalue weighted by Gasteiger charge is 2.27. The number of nitrogens with zero attached hydrogens (tertiary/aromatic N) is 5. The van der Waals surface area contributed by atoms with Crippen LogP contribution in [0.1, 0.15) is 34.9 Å². The van der Waals surface area contributed by atoms with E-state index < -0.39 is 0 Å². The van der Waals surface area contributed by atoms with Crippen LogP contribution in [-0.4, -0.2) is 48.9 Å². The van der Waals surface area contributed by atoms with Gasteiger partial charge in [0.1, 0.15) is 5.69 Å². The van der Waals surface area contributed by atoms with Gasteiger partial charge in [-0.1, -0.05) is 0 Å². The summed E-state index contributed by atoms with van der Waals surface area (Å²) in [6, 6.07) is 5.67. The van der Waals surface area contributed by atoms with Crippen LogP contribution in [0.25, 0.3) is 11.0 Å². The van der Waals surface area contributed by atoms with E-state index in [0.29, 0.717) is 18.1 Å². The predicted octanol–water partition coefficient (Wildman–Crippen LogP) is 1.29. The van der Waals surface area contributed by atoms with Crippen molar-refractivity contribution in [2.24, 2.45) is 7.05 Å². The molecule has 0 saturated carbocycles. The molecule has 3 aromatic heterocycles. The van der Waals surface area contributed by atoms with E-state index in [4.69, 9.17) is 10.7 Å². The van der Waals surface area contributed by atoms with Crippen molar-refractivity contribution in [2.75, 3.05) is 18.8 Å². The zero-order chi connectivity index (χ0) is 16.7. The highest BCUT2D eigenvalue weighted by Crippen LogP contribution is 2.28. The van der Waals surface area contributed by atoms with E-state index in [0.717, 1.165) is 36.1 Å². The van der Waals surface area contributed by atoms with Crippen LogP contribution in [-0.2, 0) is 7.05 Å². The molecule has 3 aromatic rings. The summed E-state index contributed by atoms with van der Waals surface area (Å²) in [6.07, 6.45) is 3.56. The lowest BCUT2D eigenvalue weighted by Crippen LogP contribution is -2.39. The van der Waals surface area contributed by atoms with Crippen molar-refractivity contribution in [1.82, 2.24) is 29.9 Å². The third-order valence-corrected chi connectivity index (χ3v) is 4.59. The minimum atomic E-state index is -0.0111. The van der Waals surface area contributed by atoms with Crippen molar-refractivity contribution in [3.05, 3.63) is 35.8 Å². The first kappa shape index (κ1) is 14.7. The number of likely N-dealkylation sites (tertiary alicyclic amines) is 1. The highest BCUT2D eigenvalue weighted by atomic mass is 16.2. The molecule has 8 heteroatoms. The Kier molecular flexibility index (Phi) is 3.44. The van der Waals surface area contributed by atoms with Gasteiger partial charge < -0.3 is 10.6 Å². The number of hydrogen-bond acceptors (Lipinski definition) is 5. The van der Waals surface area contributed by atoms with Crippen molar-refractivity contribution in [1.29, 1.82) is 0 Å². The smallest absolute Gasteiger partial charge is 0.271 e. The second-order valence-electron chi connectivity index (χ2n) is 6.18. The third kappa shape index (κ3) is 2.40. The van der Waals surface area contributed by atoms with Gasteiger partial charge in [0.15, 0.2) is 11.5 Å². The molecule has 1 saturated heterocycles. The van der Waals surface area contributed by atoms with Crippen LogP contribution in [0.5, 0.6) is 0 Å². The molecule has 1 aliphatic rings. The number of aromatic amines is 1. The number of carbonyl (C=O) groups excluding carboxylic acids is 1. The monoisotopic (exact) mass is 325 g/mol. The molecule has 1 atom stereocenters. The number of fused-ring (bicyclic) bond motifs is 1. The fourth-order valence-electron chi connectivity index (χ4n) is 3.35. The zero-order valence-electron chi connectivity index (χ0n) is 13.4. The summed E-state index contributed by atoms with van der Waals surface area (Å²) in [7, 11) is 1.84. The van der Waals surface area contributed by atoms with E-state index in [1.165, 1.54) is 0 Å². The Hall–Kier alpha value is -2.90. The lowest BCUT2D eigenvalue weighted by Gasteiger charge is -2.32. The molecule has 4 heterocycles. The van der Waals surface area contributed by atoms with Gasteiger partial charge in [-0.25, -0.2) is 9.67 Å². The highest BCUT2D eigenvalue weighted by molar-refractivity contribution is 5.92. The number of nitrogens with two attached hydrogens (primary N) is 1. The molecule has 1 amide bonds. The molecule has 0 spiro atoms. The predicted molar refractivity (Wildman–Crippen MR) is 89.4 cm³/mol. The van der Waals surface area contributed by atoms with Crippen LogP contribution in [0, 0.1) is 0 Å². The Bertz CT molecular complexity index is 883. The fourth-order valence-corrected chi connectivity index (χ4v) is 3.35. The lowest BCUT2D eigenvalue weighted by molar-refractivity contribution is 0.0700. The van der Waals surface area contributed by atoms with E-state index in [9.17, 15) is 4.79 Å². The number of aryl methyl sites for hydroxylation is 1. The number of nitrogen functional groups attached to an aromatic ring is 1. The molecule has 1 aliphatic heterocycles. The molecule has 24 heavy (non-hydrogen) atoms. The maximum atomic E-state index is 12.5. The van der Waals surface area contributed by atoms with Gasteiger partial charge in [-0.3, -0.25) is 9.89 Å². The van der Waals surface area contributed by atoms with Crippen molar-refractivity contribution < 1.29 is 4.79 Å². The lowest BCUT2D eigenvalue weighted by atomic mass is 9.94. The zero-order valence-corrected chi connectivity index (χ0v) is 13.4. The number of aromatic nitrogens is 5. The van der Waals surface area contributed by atoms with E-state index in [1.807, 2.05) is 24.1 Å². The average Bonchev–Trinajstić information content (AvgIpc) is 3.23. The molecule has 4 rings (SSSR count). The van der Waals surface area contributed by atoms with Crippen LogP contribution in [0.15, 0.2) is 24.4 Å². The maximum Gasteiger partial charge on any atom is 0.271 e. The maximum absolute atomic E-state index is 12.5. The summed E-state index contributed by atoms with van der Waals surface area (Å²) in [5, 5.41) is 11.7. The Morgan fingerprint density at radius 3 is 3.04 bits per heavy atom. The van der Waals surface area contributed by atoms with Crippen LogP contribution in [0.3, 0.4) is 0 Å². The first-order valence-electron chi connectivity index (χ1n) is 8.01. The third-order valence-electron chi connectivity index (χ3n) is 4.59. The van der Waals surface area contributed by atoms with Crippen molar-refractivity contribution >= 4 is 22.8 Å². The van der Waals surface area contributed by atoms with Crippen LogP contribution in [0.4, 0.5) is 5.82 Å². The number of H-pyrrole nitrogens is 1. The molecule has 0 radical (unpaired) electrons. The molecular formula is C16H19N7O. The molecule has 0 aromatic carbocycles. The number of anilines is 1. The van der Waals surface area contributed by atoms with Crippen LogP contribution >= 0.6 is 0 Å². The number of pyridine rings is 1. The fraction of sp³-hybridized carbons (Fsp3) is 0.375. The van der Waals surface area contributed by atoms with Gasteiger partial charge in [-0.05, 0) is 31.0 Å². The number of carbonyl (C=O) groups is 1. The summed E-state index contributed by atoms with van der Waals surface area (Å²) < 4.78 is 1.70. The van der Waals surface area contributed by atoms with Crippen molar-refractivity contribution in [3.8, 4) is 0 Å². The second kappa shape index (κ2) is 5.63. The van der Waals surface area contributed by atoms with Gasteiger partial charge in [0.2, 0.25) is 0 Å². The number of amides is 1. The van der Waals surface area contributed by atoms with Crippen molar-refractivity contribution in [2.45, 2.75) is 18.8 Å². The Balaban J connectivity index is 1.60. The van der Waals surface area contributed by atoms with Gasteiger partial charge in [0, 0.05) is 37.9 Å². The van der Waals surface area contributed by atoms with Gasteiger partial charge in [-0.15, -0.1) is 0 Å². The van der Waals surface area contributed by atoms with Gasteiger partial charge in [0.05, 0.1) is 5.39 Å². The van der Waals surface area contributed by atoms with E-state index in [2.05, 4.69) is 15.3 Å². The number of rotatable bonds is 2. The van der Waals surface area contributed by atoms with Crippen LogP contribution in [0.2, 0.25) is 0 Å². The standard InChI is InChI=1S/C16H19N7O/c1-22-15-11(14(17)21-22)4-5-12(19-15)10-3-2-8-23(9-10)16(24)13-6-7-18-20-13/h4-7,10H,2-3,8-9H2,1H3,(H2,17,21)(H,18,20)/t10-/m1/s1. The molecule has 8 nitrogen and oxygen atoms in total. The first-order chi connectivity index (χ1) is 11.6. The molecular weight excluding hydrogens is 306 g/mol. The van der Waals surface area contributed by atoms with Crippen molar-refractivity contribution in [3.63, 3.8) is 0 Å². The number of hydrogen-bond donors (Lipinski definition) is 2. The molecule has 1 fully saturated rings. The first-order valence-corrected chi connectivity index (χ1v) is 8.01. The summed E-state index contributed by atoms with van der Waals surface area (Å²) in [5.41, 5.74) is 8.17. The molecule has 0 bridgehead atoms. The van der Waals surface area contributed by atoms with Gasteiger partial charge >= 0.3 is 0 Å². The Labute approximate surface area is 138 Å². The summed E-state index contributed by atoms with van der Waals surface area (Å²) in [6.45, 7) is 1.42. The minimum absolute atomic E-state index is 0.0111. The molecule has 0 aliphatic carbocycles. The molecule has 0 unspecified atom stereocenters. The largest absolute Gasteiger partial charge is 0.382 e. The van der Waals surface area contributed by atoms with Gasteiger partial charge in [-0.2, -0.15) is 10.2 Å². The normalized spacial score (nSPS) is 18.2. The second-order valence-corrected chi connectivity index (χ2v) is 6.18. The van der Waals surface area contributed by atoms with Gasteiger partial charge in [0.25, 0.3) is 5.91 Å². The van der Waals surface area contributed by atoms with Crippen LogP contribution < -0.4 is 5.73 Å². The molecule has 3 N–H and O–H groups in total.